The van der Waals surface area contributed by atoms with Crippen molar-refractivity contribution in [3.8, 4) is 0 Å². The first kappa shape index (κ1) is 17.4. The first-order valence-electron chi connectivity index (χ1n) is 8.24. The average Bonchev–Trinajstić information content (AvgIpc) is 2.64. The van der Waals surface area contributed by atoms with Crippen molar-refractivity contribution in [3.05, 3.63) is 77.4 Å². The largest absolute Gasteiger partial charge is 0.329 e. The van der Waals surface area contributed by atoms with Crippen LogP contribution in [0.25, 0.3) is 10.8 Å². The van der Waals surface area contributed by atoms with Crippen LogP contribution in [-0.4, -0.2) is 18.0 Å². The third-order valence-corrected chi connectivity index (χ3v) is 4.03. The summed E-state index contributed by atoms with van der Waals surface area (Å²) in [5, 5.41) is 8.60. The molecule has 3 aromatic rings. The van der Waals surface area contributed by atoms with Crippen LogP contribution in [-0.2, 0) is 9.59 Å². The Morgan fingerprint density at radius 3 is 2.50 bits per heavy atom. The van der Waals surface area contributed by atoms with Gasteiger partial charge in [0.05, 0.1) is 6.21 Å². The van der Waals surface area contributed by atoms with Crippen LogP contribution in [0.2, 0.25) is 0 Å². The monoisotopic (exact) mass is 345 g/mol. The number of fused-ring (bicyclic) bond motifs is 1. The van der Waals surface area contributed by atoms with Gasteiger partial charge in [-0.3, -0.25) is 9.59 Å². The lowest BCUT2D eigenvalue weighted by molar-refractivity contribution is -0.136. The quantitative estimate of drug-likeness (QED) is 0.433. The summed E-state index contributed by atoms with van der Waals surface area (Å²) in [6.45, 7) is 3.84. The Balaban J connectivity index is 1.66. The molecule has 5 heteroatoms. The van der Waals surface area contributed by atoms with E-state index in [-0.39, 0.29) is 0 Å². The molecule has 3 aromatic carbocycles. The van der Waals surface area contributed by atoms with E-state index in [1.54, 1.807) is 6.07 Å². The molecule has 0 unspecified atom stereocenters. The molecule has 0 bridgehead atoms. The van der Waals surface area contributed by atoms with Crippen LogP contribution in [0.3, 0.4) is 0 Å². The highest BCUT2D eigenvalue weighted by molar-refractivity contribution is 6.39. The number of hydrazone groups is 1. The van der Waals surface area contributed by atoms with Crippen molar-refractivity contribution in [1.82, 2.24) is 5.43 Å². The normalized spacial score (nSPS) is 10.8. The molecule has 2 N–H and O–H groups in total. The molecule has 0 spiro atoms. The van der Waals surface area contributed by atoms with E-state index < -0.39 is 11.8 Å². The van der Waals surface area contributed by atoms with E-state index in [9.17, 15) is 9.59 Å². The van der Waals surface area contributed by atoms with Gasteiger partial charge in [0.15, 0.2) is 0 Å². The summed E-state index contributed by atoms with van der Waals surface area (Å²) < 4.78 is 0. The maximum Gasteiger partial charge on any atom is 0.329 e. The Kier molecular flexibility index (Phi) is 5.08. The van der Waals surface area contributed by atoms with Crippen molar-refractivity contribution in [2.45, 2.75) is 13.8 Å². The minimum Gasteiger partial charge on any atom is -0.317 e. The minimum absolute atomic E-state index is 0.605. The van der Waals surface area contributed by atoms with Gasteiger partial charge in [0.1, 0.15) is 0 Å². The molecule has 130 valence electrons. The molecule has 0 fully saturated rings. The van der Waals surface area contributed by atoms with Gasteiger partial charge in [-0.05, 0) is 36.2 Å². The van der Waals surface area contributed by atoms with Crippen molar-refractivity contribution < 1.29 is 9.59 Å². The highest BCUT2D eigenvalue weighted by Gasteiger charge is 2.13. The second-order valence-electron chi connectivity index (χ2n) is 6.04. The summed E-state index contributed by atoms with van der Waals surface area (Å²) in [5.41, 5.74) is 5.71. The number of rotatable bonds is 3. The van der Waals surface area contributed by atoms with Crippen LogP contribution < -0.4 is 10.7 Å². The Morgan fingerprint density at radius 2 is 1.69 bits per heavy atom. The number of hydrogen-bond acceptors (Lipinski definition) is 3. The Bertz CT molecular complexity index is 1000. The Hall–Kier alpha value is -3.47. The average molecular weight is 345 g/mol. The van der Waals surface area contributed by atoms with Crippen LogP contribution in [0.15, 0.2) is 65.8 Å². The fourth-order valence-electron chi connectivity index (χ4n) is 2.71. The molecule has 2 amide bonds. The van der Waals surface area contributed by atoms with Gasteiger partial charge in [-0.15, -0.1) is 0 Å². The van der Waals surface area contributed by atoms with Gasteiger partial charge in [0.2, 0.25) is 0 Å². The Labute approximate surface area is 151 Å². The Morgan fingerprint density at radius 1 is 0.923 bits per heavy atom. The smallest absolute Gasteiger partial charge is 0.317 e. The van der Waals surface area contributed by atoms with Crippen LogP contribution in [0.1, 0.15) is 16.7 Å². The van der Waals surface area contributed by atoms with E-state index in [4.69, 9.17) is 0 Å². The van der Waals surface area contributed by atoms with Crippen molar-refractivity contribution in [1.29, 1.82) is 0 Å². The van der Waals surface area contributed by atoms with Gasteiger partial charge in [-0.25, -0.2) is 5.43 Å². The molecule has 0 saturated carbocycles. The number of benzene rings is 3. The van der Waals surface area contributed by atoms with Crippen molar-refractivity contribution in [2.24, 2.45) is 5.10 Å². The second kappa shape index (κ2) is 7.61. The zero-order valence-corrected chi connectivity index (χ0v) is 14.6. The van der Waals surface area contributed by atoms with Gasteiger partial charge in [-0.2, -0.15) is 5.10 Å². The predicted molar refractivity (Wildman–Crippen MR) is 104 cm³/mol. The van der Waals surface area contributed by atoms with Crippen molar-refractivity contribution in [2.75, 3.05) is 5.32 Å². The zero-order chi connectivity index (χ0) is 18.5. The van der Waals surface area contributed by atoms with E-state index in [1.165, 1.54) is 6.21 Å². The van der Waals surface area contributed by atoms with Crippen LogP contribution in [0, 0.1) is 13.8 Å². The van der Waals surface area contributed by atoms with E-state index in [0.717, 1.165) is 27.5 Å². The minimum atomic E-state index is -0.818. The van der Waals surface area contributed by atoms with E-state index in [1.807, 2.05) is 68.4 Å². The number of amides is 2. The summed E-state index contributed by atoms with van der Waals surface area (Å²) >= 11 is 0. The van der Waals surface area contributed by atoms with Crippen molar-refractivity contribution in [3.63, 3.8) is 0 Å². The fourth-order valence-corrected chi connectivity index (χ4v) is 2.71. The molecule has 0 atom stereocenters. The van der Waals surface area contributed by atoms with Crippen LogP contribution in [0.5, 0.6) is 0 Å². The standard InChI is InChI=1S/C21H19N3O2/c1-14-10-11-19(15(2)12-14)23-20(25)21(26)24-22-13-17-8-5-7-16-6-3-4-9-18(16)17/h3-13H,1-2H3,(H,23,25)(H,24,26)/b22-13-. The molecule has 0 aliphatic heterocycles. The molecule has 0 aromatic heterocycles. The first-order valence-corrected chi connectivity index (χ1v) is 8.24. The number of nitrogens with zero attached hydrogens (tertiary/aromatic N) is 1. The van der Waals surface area contributed by atoms with Crippen molar-refractivity contribution >= 4 is 34.5 Å². The molecule has 0 heterocycles. The second-order valence-corrected chi connectivity index (χ2v) is 6.04. The third kappa shape index (κ3) is 3.95. The van der Waals surface area contributed by atoms with E-state index in [2.05, 4.69) is 15.8 Å². The highest BCUT2D eigenvalue weighted by Crippen LogP contribution is 2.17. The lowest BCUT2D eigenvalue weighted by atomic mass is 10.1. The topological polar surface area (TPSA) is 70.6 Å². The zero-order valence-electron chi connectivity index (χ0n) is 14.6. The number of nitrogens with one attached hydrogen (secondary N) is 2. The summed E-state index contributed by atoms with van der Waals surface area (Å²) in [7, 11) is 0. The summed E-state index contributed by atoms with van der Waals surface area (Å²) in [6.07, 6.45) is 1.53. The third-order valence-electron chi connectivity index (χ3n) is 4.03. The number of carbonyl (C=O) groups is 2. The van der Waals surface area contributed by atoms with E-state index >= 15 is 0 Å². The molecule has 3 rings (SSSR count). The molecule has 0 saturated heterocycles. The molecule has 0 aliphatic carbocycles. The molecule has 0 radical (unpaired) electrons. The number of anilines is 1. The molecular formula is C21H19N3O2. The first-order chi connectivity index (χ1) is 12.5. The lowest BCUT2D eigenvalue weighted by Gasteiger charge is -2.08. The maximum absolute atomic E-state index is 12.0. The summed E-state index contributed by atoms with van der Waals surface area (Å²) in [5.74, 6) is -1.58. The fraction of sp³-hybridized carbons (Fsp3) is 0.0952. The highest BCUT2D eigenvalue weighted by atomic mass is 16.2. The van der Waals surface area contributed by atoms with E-state index in [0.29, 0.717) is 5.69 Å². The maximum atomic E-state index is 12.0. The summed E-state index contributed by atoms with van der Waals surface area (Å²) in [6, 6.07) is 19.3. The van der Waals surface area contributed by atoms with Crippen LogP contribution in [0.4, 0.5) is 5.69 Å². The molecule has 5 nitrogen and oxygen atoms in total. The SMILES string of the molecule is Cc1ccc(NC(=O)C(=O)N/N=C\c2cccc3ccccc23)c(C)c1. The number of carbonyl (C=O) groups excluding carboxylic acids is 2. The van der Waals surface area contributed by atoms with Gasteiger partial charge < -0.3 is 5.32 Å². The van der Waals surface area contributed by atoms with Gasteiger partial charge >= 0.3 is 11.8 Å². The predicted octanol–water partition coefficient (Wildman–Crippen LogP) is 3.55. The molecule has 26 heavy (non-hydrogen) atoms. The summed E-state index contributed by atoms with van der Waals surface area (Å²) in [4.78, 5) is 23.9. The number of aryl methyl sites for hydroxylation is 2. The van der Waals surface area contributed by atoms with Gasteiger partial charge in [0.25, 0.3) is 0 Å². The lowest BCUT2D eigenvalue weighted by Crippen LogP contribution is -2.32. The van der Waals surface area contributed by atoms with Gasteiger partial charge in [0, 0.05) is 11.3 Å². The van der Waals surface area contributed by atoms with Crippen LogP contribution >= 0.6 is 0 Å². The number of hydrogen-bond donors (Lipinski definition) is 2. The van der Waals surface area contributed by atoms with Gasteiger partial charge in [-0.1, -0.05) is 60.2 Å². The molecular weight excluding hydrogens is 326 g/mol. The molecule has 0 aliphatic rings.